The molecule has 0 saturated carbocycles. The third kappa shape index (κ3) is 5.43. The summed E-state index contributed by atoms with van der Waals surface area (Å²) in [5.74, 6) is 0.0532. The SMILES string of the molecule is COc1ccccc1CNC(=O)CC(=O)NCc1ccncc1. The van der Waals surface area contributed by atoms with Gasteiger partial charge in [0, 0.05) is 31.0 Å². The molecular weight excluding hydrogens is 294 g/mol. The number of nitrogens with one attached hydrogen (secondary N) is 2. The average Bonchev–Trinajstić information content (AvgIpc) is 2.59. The van der Waals surface area contributed by atoms with Crippen LogP contribution >= 0.6 is 0 Å². The Kier molecular flexibility index (Phi) is 6.11. The minimum Gasteiger partial charge on any atom is -0.496 e. The first kappa shape index (κ1) is 16.5. The van der Waals surface area contributed by atoms with Gasteiger partial charge in [0.05, 0.1) is 7.11 Å². The molecule has 0 aliphatic heterocycles. The van der Waals surface area contributed by atoms with E-state index in [-0.39, 0.29) is 18.2 Å². The van der Waals surface area contributed by atoms with Crippen molar-refractivity contribution in [2.24, 2.45) is 0 Å². The van der Waals surface area contributed by atoms with Gasteiger partial charge in [0.15, 0.2) is 0 Å². The first-order chi connectivity index (χ1) is 11.2. The van der Waals surface area contributed by atoms with E-state index in [1.165, 1.54) is 0 Å². The molecule has 1 aromatic heterocycles. The summed E-state index contributed by atoms with van der Waals surface area (Å²) in [6, 6.07) is 11.0. The van der Waals surface area contributed by atoms with Crippen LogP contribution in [0, 0.1) is 0 Å². The standard InChI is InChI=1S/C17H19N3O3/c1-23-15-5-3-2-4-14(15)12-20-17(22)10-16(21)19-11-13-6-8-18-9-7-13/h2-9H,10-12H2,1H3,(H,19,21)(H,20,22). The molecule has 2 aromatic rings. The summed E-state index contributed by atoms with van der Waals surface area (Å²) < 4.78 is 5.21. The molecule has 23 heavy (non-hydrogen) atoms. The normalized spacial score (nSPS) is 9.96. The van der Waals surface area contributed by atoms with Gasteiger partial charge in [0.2, 0.25) is 11.8 Å². The van der Waals surface area contributed by atoms with Crippen LogP contribution in [-0.2, 0) is 22.7 Å². The number of ether oxygens (including phenoxy) is 1. The lowest BCUT2D eigenvalue weighted by molar-refractivity contribution is -0.129. The summed E-state index contributed by atoms with van der Waals surface area (Å²) >= 11 is 0. The van der Waals surface area contributed by atoms with E-state index in [0.717, 1.165) is 11.1 Å². The topological polar surface area (TPSA) is 80.3 Å². The molecule has 2 N–H and O–H groups in total. The highest BCUT2D eigenvalue weighted by atomic mass is 16.5. The Labute approximate surface area is 134 Å². The fourth-order valence-corrected chi connectivity index (χ4v) is 2.01. The monoisotopic (exact) mass is 313 g/mol. The van der Waals surface area contributed by atoms with Crippen LogP contribution in [0.25, 0.3) is 0 Å². The molecule has 1 aromatic carbocycles. The second-order valence-electron chi connectivity index (χ2n) is 4.90. The summed E-state index contributed by atoms with van der Waals surface area (Å²) in [5.41, 5.74) is 1.79. The molecule has 0 fully saturated rings. The van der Waals surface area contributed by atoms with E-state index in [9.17, 15) is 9.59 Å². The van der Waals surface area contributed by atoms with Crippen LogP contribution in [0.5, 0.6) is 5.75 Å². The number of rotatable bonds is 7. The van der Waals surface area contributed by atoms with Gasteiger partial charge in [0.1, 0.15) is 12.2 Å². The molecule has 6 heteroatoms. The molecule has 6 nitrogen and oxygen atoms in total. The molecule has 0 radical (unpaired) electrons. The Morgan fingerprint density at radius 2 is 1.65 bits per heavy atom. The summed E-state index contributed by atoms with van der Waals surface area (Å²) in [4.78, 5) is 27.5. The fourth-order valence-electron chi connectivity index (χ4n) is 2.01. The van der Waals surface area contributed by atoms with Crippen molar-refractivity contribution >= 4 is 11.8 Å². The number of para-hydroxylation sites is 1. The van der Waals surface area contributed by atoms with Gasteiger partial charge in [0.25, 0.3) is 0 Å². The predicted octanol–water partition coefficient (Wildman–Crippen LogP) is 1.41. The van der Waals surface area contributed by atoms with Crippen molar-refractivity contribution in [1.82, 2.24) is 15.6 Å². The molecular formula is C17H19N3O3. The molecule has 0 aliphatic carbocycles. The van der Waals surface area contributed by atoms with E-state index in [4.69, 9.17) is 4.74 Å². The van der Waals surface area contributed by atoms with Crippen molar-refractivity contribution in [2.45, 2.75) is 19.5 Å². The zero-order valence-corrected chi connectivity index (χ0v) is 12.9. The zero-order valence-electron chi connectivity index (χ0n) is 12.9. The van der Waals surface area contributed by atoms with Crippen LogP contribution in [0.4, 0.5) is 0 Å². The highest BCUT2D eigenvalue weighted by Gasteiger charge is 2.10. The third-order valence-corrected chi connectivity index (χ3v) is 3.23. The molecule has 2 amide bonds. The zero-order chi connectivity index (χ0) is 16.5. The molecule has 0 aliphatic rings. The van der Waals surface area contributed by atoms with E-state index >= 15 is 0 Å². The maximum absolute atomic E-state index is 11.8. The smallest absolute Gasteiger partial charge is 0.229 e. The van der Waals surface area contributed by atoms with Crippen LogP contribution in [0.2, 0.25) is 0 Å². The summed E-state index contributed by atoms with van der Waals surface area (Å²) in [5, 5.41) is 5.41. The second kappa shape index (κ2) is 8.53. The van der Waals surface area contributed by atoms with Crippen LogP contribution in [0.1, 0.15) is 17.5 Å². The van der Waals surface area contributed by atoms with Crippen molar-refractivity contribution in [3.05, 3.63) is 59.9 Å². The molecule has 0 saturated heterocycles. The van der Waals surface area contributed by atoms with Crippen LogP contribution in [0.15, 0.2) is 48.8 Å². The number of nitrogens with zero attached hydrogens (tertiary/aromatic N) is 1. The number of methoxy groups -OCH3 is 1. The molecule has 120 valence electrons. The average molecular weight is 313 g/mol. The highest BCUT2D eigenvalue weighted by Crippen LogP contribution is 2.16. The quantitative estimate of drug-likeness (QED) is 0.758. The number of amides is 2. The van der Waals surface area contributed by atoms with Gasteiger partial charge in [-0.05, 0) is 23.8 Å². The summed E-state index contributed by atoms with van der Waals surface area (Å²) in [6.07, 6.45) is 3.10. The van der Waals surface area contributed by atoms with Crippen molar-refractivity contribution < 1.29 is 14.3 Å². The van der Waals surface area contributed by atoms with Crippen LogP contribution < -0.4 is 15.4 Å². The van der Waals surface area contributed by atoms with E-state index in [0.29, 0.717) is 18.8 Å². The lowest BCUT2D eigenvalue weighted by Gasteiger charge is -2.09. The van der Waals surface area contributed by atoms with Crippen molar-refractivity contribution in [3.8, 4) is 5.75 Å². The Hall–Kier alpha value is -2.89. The molecule has 0 unspecified atom stereocenters. The fraction of sp³-hybridized carbons (Fsp3) is 0.235. The maximum Gasteiger partial charge on any atom is 0.229 e. The van der Waals surface area contributed by atoms with Crippen LogP contribution in [0.3, 0.4) is 0 Å². The minimum absolute atomic E-state index is 0.208. The first-order valence-electron chi connectivity index (χ1n) is 7.23. The van der Waals surface area contributed by atoms with Gasteiger partial charge in [-0.25, -0.2) is 0 Å². The number of pyridine rings is 1. The molecule has 2 rings (SSSR count). The third-order valence-electron chi connectivity index (χ3n) is 3.23. The number of benzene rings is 1. The maximum atomic E-state index is 11.8. The number of carbonyl (C=O) groups excluding carboxylic acids is 2. The second-order valence-corrected chi connectivity index (χ2v) is 4.90. The Morgan fingerprint density at radius 1 is 1.00 bits per heavy atom. The highest BCUT2D eigenvalue weighted by molar-refractivity contribution is 5.96. The number of hydrogen-bond donors (Lipinski definition) is 2. The molecule has 0 bridgehead atoms. The van der Waals surface area contributed by atoms with E-state index in [1.54, 1.807) is 19.5 Å². The lowest BCUT2D eigenvalue weighted by atomic mass is 10.2. The van der Waals surface area contributed by atoms with Gasteiger partial charge in [-0.3, -0.25) is 14.6 Å². The number of carbonyl (C=O) groups is 2. The van der Waals surface area contributed by atoms with Gasteiger partial charge in [-0.1, -0.05) is 18.2 Å². The van der Waals surface area contributed by atoms with E-state index in [2.05, 4.69) is 15.6 Å². The summed E-state index contributed by atoms with van der Waals surface area (Å²) in [7, 11) is 1.58. The predicted molar refractivity (Wildman–Crippen MR) is 85.5 cm³/mol. The Morgan fingerprint density at radius 3 is 2.35 bits per heavy atom. The van der Waals surface area contributed by atoms with Gasteiger partial charge >= 0.3 is 0 Å². The van der Waals surface area contributed by atoms with Crippen molar-refractivity contribution in [3.63, 3.8) is 0 Å². The summed E-state index contributed by atoms with van der Waals surface area (Å²) in [6.45, 7) is 0.696. The van der Waals surface area contributed by atoms with Gasteiger partial charge in [-0.15, -0.1) is 0 Å². The van der Waals surface area contributed by atoms with E-state index < -0.39 is 0 Å². The molecule has 0 spiro atoms. The Bertz CT molecular complexity index is 659. The van der Waals surface area contributed by atoms with Gasteiger partial charge < -0.3 is 15.4 Å². The molecule has 0 atom stereocenters. The Balaban J connectivity index is 1.75. The van der Waals surface area contributed by atoms with Gasteiger partial charge in [-0.2, -0.15) is 0 Å². The van der Waals surface area contributed by atoms with Crippen LogP contribution in [-0.4, -0.2) is 23.9 Å². The largest absolute Gasteiger partial charge is 0.496 e. The first-order valence-corrected chi connectivity index (χ1v) is 7.23. The van der Waals surface area contributed by atoms with Crippen molar-refractivity contribution in [1.29, 1.82) is 0 Å². The number of hydrogen-bond acceptors (Lipinski definition) is 4. The minimum atomic E-state index is -0.330. The van der Waals surface area contributed by atoms with Crippen molar-refractivity contribution in [2.75, 3.05) is 7.11 Å². The van der Waals surface area contributed by atoms with E-state index in [1.807, 2.05) is 36.4 Å². The number of aromatic nitrogens is 1. The molecule has 1 heterocycles. The lowest BCUT2D eigenvalue weighted by Crippen LogP contribution is -2.31.